The predicted octanol–water partition coefficient (Wildman–Crippen LogP) is 3.68. The molecule has 0 heterocycles. The van der Waals surface area contributed by atoms with Gasteiger partial charge in [-0.15, -0.1) is 0 Å². The molecular formula is C21H27N3O4S2. The molecule has 0 aliphatic carbocycles. The van der Waals surface area contributed by atoms with Crippen LogP contribution in [0.5, 0.6) is 5.75 Å². The van der Waals surface area contributed by atoms with Crippen molar-refractivity contribution >= 4 is 38.9 Å². The molecule has 1 amide bonds. The minimum Gasteiger partial charge on any atom is -0.491 e. The maximum atomic E-state index is 12.5. The first kappa shape index (κ1) is 23.8. The molecule has 1 unspecified atom stereocenters. The van der Waals surface area contributed by atoms with Crippen molar-refractivity contribution in [2.45, 2.75) is 44.6 Å². The predicted molar refractivity (Wildman–Crippen MR) is 122 cm³/mol. The molecule has 30 heavy (non-hydrogen) atoms. The number of sulfonamides is 1. The van der Waals surface area contributed by atoms with Crippen LogP contribution >= 0.6 is 12.2 Å². The molecule has 7 nitrogen and oxygen atoms in total. The Morgan fingerprint density at radius 3 is 2.47 bits per heavy atom. The fourth-order valence-corrected chi connectivity index (χ4v) is 3.75. The summed E-state index contributed by atoms with van der Waals surface area (Å²) in [5.41, 5.74) is 0.979. The van der Waals surface area contributed by atoms with E-state index in [0.29, 0.717) is 30.0 Å². The molecule has 3 N–H and O–H groups in total. The lowest BCUT2D eigenvalue weighted by Crippen LogP contribution is -2.34. The van der Waals surface area contributed by atoms with Crippen molar-refractivity contribution in [1.82, 2.24) is 10.0 Å². The zero-order chi connectivity index (χ0) is 22.1. The lowest BCUT2D eigenvalue weighted by atomic mass is 10.2. The molecule has 0 saturated carbocycles. The van der Waals surface area contributed by atoms with Gasteiger partial charge >= 0.3 is 0 Å². The van der Waals surface area contributed by atoms with Crippen LogP contribution < -0.4 is 20.1 Å². The Balaban J connectivity index is 1.97. The Bertz CT molecular complexity index is 976. The van der Waals surface area contributed by atoms with Crippen LogP contribution in [0.1, 0.15) is 44.0 Å². The van der Waals surface area contributed by atoms with Crippen LogP contribution in [0.3, 0.4) is 0 Å². The van der Waals surface area contributed by atoms with Crippen molar-refractivity contribution in [3.8, 4) is 5.75 Å². The number of amides is 1. The number of benzene rings is 2. The van der Waals surface area contributed by atoms with Crippen LogP contribution in [-0.4, -0.2) is 32.1 Å². The topological polar surface area (TPSA) is 96.5 Å². The highest BCUT2D eigenvalue weighted by atomic mass is 32.2. The van der Waals surface area contributed by atoms with E-state index in [9.17, 15) is 13.2 Å². The van der Waals surface area contributed by atoms with Gasteiger partial charge in [-0.25, -0.2) is 13.1 Å². The van der Waals surface area contributed by atoms with Crippen LogP contribution in [0.25, 0.3) is 0 Å². The molecule has 9 heteroatoms. The van der Waals surface area contributed by atoms with Crippen molar-refractivity contribution in [1.29, 1.82) is 0 Å². The molecular weight excluding hydrogens is 422 g/mol. The summed E-state index contributed by atoms with van der Waals surface area (Å²) in [6.45, 7) is 6.25. The number of nitrogens with one attached hydrogen (secondary N) is 3. The normalized spacial score (nSPS) is 12.1. The monoisotopic (exact) mass is 449 g/mol. The van der Waals surface area contributed by atoms with Gasteiger partial charge in [-0.1, -0.05) is 19.9 Å². The van der Waals surface area contributed by atoms with Crippen LogP contribution in [-0.2, 0) is 10.0 Å². The third kappa shape index (κ3) is 7.08. The smallest absolute Gasteiger partial charge is 0.257 e. The average molecular weight is 450 g/mol. The Kier molecular flexibility index (Phi) is 8.76. The van der Waals surface area contributed by atoms with E-state index in [1.54, 1.807) is 36.4 Å². The number of thiocarbonyl (C=S) groups is 1. The van der Waals surface area contributed by atoms with E-state index < -0.39 is 10.0 Å². The number of rotatable bonds is 9. The van der Waals surface area contributed by atoms with E-state index in [4.69, 9.17) is 17.0 Å². The molecule has 2 rings (SSSR count). The summed E-state index contributed by atoms with van der Waals surface area (Å²) in [6.07, 6.45) is 1.62. The van der Waals surface area contributed by atoms with Gasteiger partial charge in [0.1, 0.15) is 5.75 Å². The maximum Gasteiger partial charge on any atom is 0.257 e. The van der Waals surface area contributed by atoms with Crippen molar-refractivity contribution in [2.24, 2.45) is 0 Å². The number of anilines is 1. The van der Waals surface area contributed by atoms with Crippen molar-refractivity contribution in [2.75, 3.05) is 11.9 Å². The van der Waals surface area contributed by atoms with E-state index in [0.717, 1.165) is 6.42 Å². The van der Waals surface area contributed by atoms with Crippen molar-refractivity contribution < 1.29 is 17.9 Å². The largest absolute Gasteiger partial charge is 0.491 e. The summed E-state index contributed by atoms with van der Waals surface area (Å²) in [7, 11) is -3.53. The van der Waals surface area contributed by atoms with Gasteiger partial charge in [0.15, 0.2) is 5.11 Å². The van der Waals surface area contributed by atoms with Gasteiger partial charge in [0.2, 0.25) is 10.0 Å². The number of carbonyl (C=O) groups is 1. The number of carbonyl (C=O) groups excluding carboxylic acids is 1. The SMILES string of the molecule is CCCNS(=O)(=O)c1ccc(NC(=S)NC(=O)c2cccc(OC(C)CC)c2)cc1. The zero-order valence-corrected chi connectivity index (χ0v) is 18.9. The lowest BCUT2D eigenvalue weighted by Gasteiger charge is -2.14. The number of hydrogen-bond donors (Lipinski definition) is 3. The molecule has 0 spiro atoms. The van der Waals surface area contributed by atoms with Crippen LogP contribution in [0.15, 0.2) is 53.4 Å². The molecule has 0 fully saturated rings. The van der Waals surface area contributed by atoms with E-state index in [1.165, 1.54) is 12.1 Å². The first-order valence-electron chi connectivity index (χ1n) is 9.74. The first-order valence-corrected chi connectivity index (χ1v) is 11.6. The summed E-state index contributed by atoms with van der Waals surface area (Å²) in [5.74, 6) is 0.245. The summed E-state index contributed by atoms with van der Waals surface area (Å²) in [5, 5.41) is 5.59. The second kappa shape index (κ2) is 11.1. The highest BCUT2D eigenvalue weighted by Gasteiger charge is 2.13. The summed E-state index contributed by atoms with van der Waals surface area (Å²) in [6, 6.07) is 13.0. The van der Waals surface area contributed by atoms with E-state index in [1.807, 2.05) is 20.8 Å². The molecule has 1 atom stereocenters. The van der Waals surface area contributed by atoms with E-state index >= 15 is 0 Å². The molecule has 2 aromatic rings. The van der Waals surface area contributed by atoms with Gasteiger partial charge in [0.25, 0.3) is 5.91 Å². The molecule has 0 radical (unpaired) electrons. The molecule has 0 saturated heterocycles. The highest BCUT2D eigenvalue weighted by molar-refractivity contribution is 7.89. The summed E-state index contributed by atoms with van der Waals surface area (Å²) >= 11 is 5.19. The summed E-state index contributed by atoms with van der Waals surface area (Å²) < 4.78 is 32.5. The third-order valence-corrected chi connectivity index (χ3v) is 5.88. The van der Waals surface area contributed by atoms with Gasteiger partial charge in [-0.3, -0.25) is 10.1 Å². The van der Waals surface area contributed by atoms with E-state index in [-0.39, 0.29) is 22.0 Å². The van der Waals surface area contributed by atoms with Crippen molar-refractivity contribution in [3.63, 3.8) is 0 Å². The van der Waals surface area contributed by atoms with Gasteiger partial charge in [-0.05, 0) is 74.4 Å². The Morgan fingerprint density at radius 2 is 1.83 bits per heavy atom. The zero-order valence-electron chi connectivity index (χ0n) is 17.3. The van der Waals surface area contributed by atoms with Gasteiger partial charge in [0.05, 0.1) is 11.0 Å². The number of ether oxygens (including phenoxy) is 1. The van der Waals surface area contributed by atoms with Gasteiger partial charge < -0.3 is 10.1 Å². The van der Waals surface area contributed by atoms with Gasteiger partial charge in [-0.2, -0.15) is 0 Å². The molecule has 0 bridgehead atoms. The Morgan fingerprint density at radius 1 is 1.13 bits per heavy atom. The first-order chi connectivity index (χ1) is 14.2. The lowest BCUT2D eigenvalue weighted by molar-refractivity contribution is 0.0977. The molecule has 2 aromatic carbocycles. The number of hydrogen-bond acceptors (Lipinski definition) is 5. The van der Waals surface area contributed by atoms with Crippen LogP contribution in [0.2, 0.25) is 0 Å². The second-order valence-electron chi connectivity index (χ2n) is 6.69. The van der Waals surface area contributed by atoms with E-state index in [2.05, 4.69) is 15.4 Å². The minimum absolute atomic E-state index is 0.0509. The molecule has 162 valence electrons. The third-order valence-electron chi connectivity index (χ3n) is 4.20. The minimum atomic E-state index is -3.53. The summed E-state index contributed by atoms with van der Waals surface area (Å²) in [4.78, 5) is 12.6. The van der Waals surface area contributed by atoms with Gasteiger partial charge in [0, 0.05) is 17.8 Å². The van der Waals surface area contributed by atoms with Crippen LogP contribution in [0.4, 0.5) is 5.69 Å². The Hall–Kier alpha value is -2.49. The van der Waals surface area contributed by atoms with Crippen LogP contribution in [0, 0.1) is 0 Å². The fourth-order valence-electron chi connectivity index (χ4n) is 2.40. The molecule has 0 aliphatic heterocycles. The van der Waals surface area contributed by atoms with Crippen molar-refractivity contribution in [3.05, 3.63) is 54.1 Å². The standard InChI is InChI=1S/C21H27N3O4S2/c1-4-13-22-30(26,27)19-11-9-17(10-12-19)23-21(29)24-20(25)16-7-6-8-18(14-16)28-15(3)5-2/h6-12,14-15,22H,4-5,13H2,1-3H3,(H2,23,24,25,29). The highest BCUT2D eigenvalue weighted by Crippen LogP contribution is 2.17. The maximum absolute atomic E-state index is 12.5. The quantitative estimate of drug-likeness (QED) is 0.506. The fraction of sp³-hybridized carbons (Fsp3) is 0.333. The molecule has 0 aromatic heterocycles. The Labute approximate surface area is 183 Å². The average Bonchev–Trinajstić information content (AvgIpc) is 2.72. The molecule has 0 aliphatic rings. The second-order valence-corrected chi connectivity index (χ2v) is 8.87.